The first-order valence-corrected chi connectivity index (χ1v) is 9.44. The lowest BCUT2D eigenvalue weighted by Gasteiger charge is -2.19. The fourth-order valence-corrected chi connectivity index (χ4v) is 3.12. The summed E-state index contributed by atoms with van der Waals surface area (Å²) in [6, 6.07) is 18.7. The van der Waals surface area contributed by atoms with Crippen LogP contribution in [0.4, 0.5) is 14.5 Å². The summed E-state index contributed by atoms with van der Waals surface area (Å²) < 4.78 is 32.1. The van der Waals surface area contributed by atoms with E-state index >= 15 is 0 Å². The number of hydrogen-bond donors (Lipinski definition) is 0. The van der Waals surface area contributed by atoms with Crippen molar-refractivity contribution >= 4 is 23.5 Å². The van der Waals surface area contributed by atoms with Crippen LogP contribution >= 0.6 is 0 Å². The zero-order valence-electron chi connectivity index (χ0n) is 16.2. The SMILES string of the molecule is CCOc1ccc(N2C(=O)/C(=C\c3ccc(F)cc3)N=C2c2ccc(F)cc2)cc1. The van der Waals surface area contributed by atoms with Gasteiger partial charge in [0.05, 0.1) is 12.3 Å². The Morgan fingerprint density at radius 3 is 2.10 bits per heavy atom. The number of carbonyl (C=O) groups is 1. The molecule has 0 N–H and O–H groups in total. The molecule has 30 heavy (non-hydrogen) atoms. The summed E-state index contributed by atoms with van der Waals surface area (Å²) in [5, 5.41) is 0. The fraction of sp³-hybridized carbons (Fsp3) is 0.0833. The maximum absolute atomic E-state index is 13.4. The van der Waals surface area contributed by atoms with Crippen molar-refractivity contribution in [1.29, 1.82) is 0 Å². The molecule has 0 saturated carbocycles. The number of anilines is 1. The lowest BCUT2D eigenvalue weighted by atomic mass is 10.1. The molecule has 0 aliphatic carbocycles. The molecule has 1 heterocycles. The lowest BCUT2D eigenvalue weighted by molar-refractivity contribution is -0.113. The van der Waals surface area contributed by atoms with Gasteiger partial charge in [0.25, 0.3) is 5.91 Å². The van der Waals surface area contributed by atoms with E-state index in [1.54, 1.807) is 54.6 Å². The molecule has 0 atom stereocenters. The van der Waals surface area contributed by atoms with E-state index < -0.39 is 0 Å². The number of aliphatic imine (C=N–C) groups is 1. The number of ether oxygens (including phenoxy) is 1. The van der Waals surface area contributed by atoms with Crippen molar-refractivity contribution in [3.63, 3.8) is 0 Å². The van der Waals surface area contributed by atoms with E-state index in [4.69, 9.17) is 4.74 Å². The van der Waals surface area contributed by atoms with Gasteiger partial charge >= 0.3 is 0 Å². The second-order valence-corrected chi connectivity index (χ2v) is 6.59. The molecule has 0 unspecified atom stereocenters. The first kappa shape index (κ1) is 19.5. The number of hydrogen-bond acceptors (Lipinski definition) is 3. The second kappa shape index (κ2) is 8.29. The smallest absolute Gasteiger partial charge is 0.282 e. The quantitative estimate of drug-likeness (QED) is 0.549. The Hall–Kier alpha value is -3.80. The van der Waals surface area contributed by atoms with E-state index in [0.29, 0.717) is 35.0 Å². The van der Waals surface area contributed by atoms with Gasteiger partial charge in [0.2, 0.25) is 0 Å². The van der Waals surface area contributed by atoms with E-state index in [1.807, 2.05) is 6.92 Å². The second-order valence-electron chi connectivity index (χ2n) is 6.59. The highest BCUT2D eigenvalue weighted by atomic mass is 19.1. The monoisotopic (exact) mass is 404 g/mol. The van der Waals surface area contributed by atoms with Gasteiger partial charge in [-0.25, -0.2) is 13.8 Å². The Morgan fingerprint density at radius 1 is 0.900 bits per heavy atom. The third-order valence-electron chi connectivity index (χ3n) is 4.54. The molecule has 4 nitrogen and oxygen atoms in total. The van der Waals surface area contributed by atoms with Gasteiger partial charge in [-0.05, 0) is 79.2 Å². The number of amidine groups is 1. The van der Waals surface area contributed by atoms with Crippen LogP contribution < -0.4 is 9.64 Å². The highest BCUT2D eigenvalue weighted by Crippen LogP contribution is 2.29. The molecule has 0 fully saturated rings. The van der Waals surface area contributed by atoms with Crippen molar-refractivity contribution in [2.45, 2.75) is 6.92 Å². The van der Waals surface area contributed by atoms with Gasteiger partial charge in [-0.1, -0.05) is 12.1 Å². The zero-order chi connectivity index (χ0) is 21.1. The van der Waals surface area contributed by atoms with Crippen molar-refractivity contribution in [3.8, 4) is 5.75 Å². The molecule has 0 spiro atoms. The standard InChI is InChI=1S/C24H18F2N2O2/c1-2-30-21-13-11-20(12-14-21)28-23(17-5-9-19(26)10-6-17)27-22(24(28)29)15-16-3-7-18(25)8-4-16/h3-15H,2H2,1H3/b22-15+. The molecule has 6 heteroatoms. The molecule has 4 rings (SSSR count). The number of carbonyl (C=O) groups excluding carboxylic acids is 1. The Labute approximate surface area is 172 Å². The molecule has 0 saturated heterocycles. The van der Waals surface area contributed by atoms with Crippen LogP contribution in [0.3, 0.4) is 0 Å². The minimum atomic E-state index is -0.377. The average Bonchev–Trinajstić information content (AvgIpc) is 3.07. The first-order valence-electron chi connectivity index (χ1n) is 9.44. The van der Waals surface area contributed by atoms with Crippen LogP contribution in [-0.2, 0) is 4.79 Å². The number of rotatable bonds is 5. The molecule has 3 aromatic carbocycles. The van der Waals surface area contributed by atoms with Gasteiger partial charge in [-0.15, -0.1) is 0 Å². The van der Waals surface area contributed by atoms with Gasteiger partial charge in [-0.3, -0.25) is 9.69 Å². The Bertz CT molecular complexity index is 1120. The predicted molar refractivity (Wildman–Crippen MR) is 112 cm³/mol. The van der Waals surface area contributed by atoms with E-state index in [1.165, 1.54) is 29.2 Å². The molecule has 3 aromatic rings. The minimum Gasteiger partial charge on any atom is -0.494 e. The van der Waals surface area contributed by atoms with Crippen molar-refractivity contribution in [1.82, 2.24) is 0 Å². The molecule has 1 aliphatic heterocycles. The Morgan fingerprint density at radius 2 is 1.50 bits per heavy atom. The number of benzene rings is 3. The van der Waals surface area contributed by atoms with Crippen molar-refractivity contribution in [3.05, 3.63) is 101 Å². The molecular weight excluding hydrogens is 386 g/mol. The van der Waals surface area contributed by atoms with Gasteiger partial charge in [0.1, 0.15) is 28.9 Å². The molecule has 150 valence electrons. The van der Waals surface area contributed by atoms with Crippen LogP contribution in [0.25, 0.3) is 6.08 Å². The summed E-state index contributed by atoms with van der Waals surface area (Å²) in [4.78, 5) is 19.2. The average molecular weight is 404 g/mol. The van der Waals surface area contributed by atoms with Gasteiger partial charge in [0.15, 0.2) is 0 Å². The van der Waals surface area contributed by atoms with Crippen LogP contribution in [0, 0.1) is 11.6 Å². The van der Waals surface area contributed by atoms with Crippen LogP contribution in [0.15, 0.2) is 83.5 Å². The summed E-state index contributed by atoms with van der Waals surface area (Å²) in [6.45, 7) is 2.43. The third kappa shape index (κ3) is 3.98. The van der Waals surface area contributed by atoms with Gasteiger partial charge in [-0.2, -0.15) is 0 Å². The number of amides is 1. The summed E-state index contributed by atoms with van der Waals surface area (Å²) >= 11 is 0. The minimum absolute atomic E-state index is 0.204. The van der Waals surface area contributed by atoms with Crippen LogP contribution in [0.1, 0.15) is 18.1 Å². The molecule has 0 aromatic heterocycles. The predicted octanol–water partition coefficient (Wildman–Crippen LogP) is 5.20. The summed E-state index contributed by atoms with van der Waals surface area (Å²) in [5.41, 5.74) is 2.06. The van der Waals surface area contributed by atoms with E-state index in [0.717, 1.165) is 0 Å². The highest BCUT2D eigenvalue weighted by Gasteiger charge is 2.32. The fourth-order valence-electron chi connectivity index (χ4n) is 3.12. The van der Waals surface area contributed by atoms with E-state index in [-0.39, 0.29) is 23.2 Å². The highest BCUT2D eigenvalue weighted by molar-refractivity contribution is 6.33. The van der Waals surface area contributed by atoms with Crippen molar-refractivity contribution in [2.75, 3.05) is 11.5 Å². The van der Waals surface area contributed by atoms with Gasteiger partial charge < -0.3 is 4.74 Å². The number of nitrogens with zero attached hydrogens (tertiary/aromatic N) is 2. The van der Waals surface area contributed by atoms with E-state index in [9.17, 15) is 13.6 Å². The molecular formula is C24H18F2N2O2. The maximum atomic E-state index is 13.4. The normalized spacial score (nSPS) is 14.9. The van der Waals surface area contributed by atoms with Gasteiger partial charge in [0, 0.05) is 5.56 Å². The largest absolute Gasteiger partial charge is 0.494 e. The molecule has 1 amide bonds. The zero-order valence-corrected chi connectivity index (χ0v) is 16.2. The van der Waals surface area contributed by atoms with Crippen LogP contribution in [0.2, 0.25) is 0 Å². The molecule has 0 radical (unpaired) electrons. The third-order valence-corrected chi connectivity index (χ3v) is 4.54. The Kier molecular flexibility index (Phi) is 5.39. The van der Waals surface area contributed by atoms with Crippen molar-refractivity contribution < 1.29 is 18.3 Å². The molecule has 0 bridgehead atoms. The summed E-state index contributed by atoms with van der Waals surface area (Å²) in [7, 11) is 0. The first-order chi connectivity index (χ1) is 14.5. The summed E-state index contributed by atoms with van der Waals surface area (Å²) in [5.74, 6) is 0.00959. The lowest BCUT2D eigenvalue weighted by Crippen LogP contribution is -2.32. The van der Waals surface area contributed by atoms with Crippen molar-refractivity contribution in [2.24, 2.45) is 4.99 Å². The van der Waals surface area contributed by atoms with Crippen LogP contribution in [0.5, 0.6) is 5.75 Å². The molecule has 1 aliphatic rings. The summed E-state index contributed by atoms with van der Waals surface area (Å²) in [6.07, 6.45) is 1.60. The Balaban J connectivity index is 1.76. The van der Waals surface area contributed by atoms with E-state index in [2.05, 4.69) is 4.99 Å². The topological polar surface area (TPSA) is 41.9 Å². The maximum Gasteiger partial charge on any atom is 0.282 e. The van der Waals surface area contributed by atoms with Crippen LogP contribution in [-0.4, -0.2) is 18.3 Å². The number of halogens is 2.